The lowest BCUT2D eigenvalue weighted by atomic mass is 10.2. The van der Waals surface area contributed by atoms with Gasteiger partial charge in [-0.05, 0) is 74.4 Å². The Bertz CT molecular complexity index is 1270. The zero-order chi connectivity index (χ0) is 24.3. The molecule has 0 aliphatic carbocycles. The molecule has 2 aromatic heterocycles. The molecule has 0 atom stereocenters. The van der Waals surface area contributed by atoms with E-state index in [1.807, 2.05) is 43.3 Å². The maximum atomic E-state index is 11.4. The molecule has 35 heavy (non-hydrogen) atoms. The fraction of sp³-hybridized carbons (Fsp3) is 0.250. The van der Waals surface area contributed by atoms with Crippen molar-refractivity contribution in [2.45, 2.75) is 42.4 Å². The number of unbranched alkanes of at least 4 members (excludes halogenated alkanes) is 2. The number of nitrogens with one attached hydrogen (secondary N) is 2. The van der Waals surface area contributed by atoms with E-state index < -0.39 is 0 Å². The second-order valence-electron chi connectivity index (χ2n) is 8.04. The second kappa shape index (κ2) is 12.8. The van der Waals surface area contributed by atoms with E-state index in [9.17, 15) is 4.79 Å². The summed E-state index contributed by atoms with van der Waals surface area (Å²) in [5.41, 5.74) is 3.92. The minimum absolute atomic E-state index is 0.104. The number of aromatic nitrogens is 3. The molecule has 6 nitrogen and oxygen atoms in total. The average Bonchev–Trinajstić information content (AvgIpc) is 3.29. The summed E-state index contributed by atoms with van der Waals surface area (Å²) in [4.78, 5) is 18.1. The van der Waals surface area contributed by atoms with Crippen molar-refractivity contribution < 1.29 is 9.53 Å². The molecule has 0 bridgehead atoms. The lowest BCUT2D eigenvalue weighted by Gasteiger charge is -2.12. The van der Waals surface area contributed by atoms with Gasteiger partial charge >= 0.3 is 5.97 Å². The number of carbonyl (C=O) groups excluding carboxylic acids is 1. The SMILES string of the molecule is CCOC(=O)CCCCCNc1ccccc1Sc1ccc2c(C=Cc3ccccn3)n[nH]c2c1. The molecule has 0 unspecified atom stereocenters. The van der Waals surface area contributed by atoms with Gasteiger partial charge in [-0.3, -0.25) is 14.9 Å². The number of benzene rings is 2. The zero-order valence-electron chi connectivity index (χ0n) is 19.9. The normalized spacial score (nSPS) is 11.2. The molecule has 4 aromatic rings. The first-order valence-electron chi connectivity index (χ1n) is 12.0. The number of rotatable bonds is 12. The fourth-order valence-electron chi connectivity index (χ4n) is 3.71. The number of nitrogens with zero attached hydrogens (tertiary/aromatic N) is 2. The lowest BCUT2D eigenvalue weighted by Crippen LogP contribution is -2.05. The van der Waals surface area contributed by atoms with Gasteiger partial charge in [0.25, 0.3) is 0 Å². The molecule has 180 valence electrons. The Labute approximate surface area is 210 Å². The average molecular weight is 487 g/mol. The summed E-state index contributed by atoms with van der Waals surface area (Å²) < 4.78 is 4.98. The van der Waals surface area contributed by atoms with Crippen molar-refractivity contribution in [3.8, 4) is 0 Å². The predicted molar refractivity (Wildman–Crippen MR) is 143 cm³/mol. The number of aromatic amines is 1. The largest absolute Gasteiger partial charge is 0.466 e. The van der Waals surface area contributed by atoms with Crippen LogP contribution in [0.25, 0.3) is 23.1 Å². The summed E-state index contributed by atoms with van der Waals surface area (Å²) in [6.45, 7) is 3.16. The van der Waals surface area contributed by atoms with Crippen molar-refractivity contribution in [3.63, 3.8) is 0 Å². The van der Waals surface area contributed by atoms with E-state index >= 15 is 0 Å². The van der Waals surface area contributed by atoms with Gasteiger partial charge in [0.15, 0.2) is 0 Å². The summed E-state index contributed by atoms with van der Waals surface area (Å²) >= 11 is 1.73. The molecule has 0 saturated heterocycles. The third kappa shape index (κ3) is 7.20. The van der Waals surface area contributed by atoms with Gasteiger partial charge in [0, 0.05) is 40.0 Å². The van der Waals surface area contributed by atoms with Gasteiger partial charge in [-0.25, -0.2) is 0 Å². The highest BCUT2D eigenvalue weighted by Crippen LogP contribution is 2.35. The Morgan fingerprint density at radius 3 is 2.80 bits per heavy atom. The fourth-order valence-corrected chi connectivity index (χ4v) is 4.67. The molecule has 0 fully saturated rings. The Kier molecular flexibility index (Phi) is 8.95. The standard InChI is InChI=1S/C28H30N4O2S/c1-2-34-28(33)13-4-3-8-19-30-25-11-5-6-12-27(25)35-22-15-16-23-24(31-32-26(23)20-22)17-14-21-10-7-9-18-29-21/h5-7,9-12,14-18,20,30H,2-4,8,13,19H2,1H3,(H,31,32). The van der Waals surface area contributed by atoms with Crippen LogP contribution in [-0.2, 0) is 9.53 Å². The van der Waals surface area contributed by atoms with Crippen LogP contribution in [0.2, 0.25) is 0 Å². The molecule has 0 amide bonds. The molecular formula is C28H30N4O2S. The van der Waals surface area contributed by atoms with E-state index in [1.165, 1.54) is 4.90 Å². The van der Waals surface area contributed by atoms with Crippen LogP contribution in [0.1, 0.15) is 44.0 Å². The number of pyridine rings is 1. The van der Waals surface area contributed by atoms with Crippen LogP contribution in [0.5, 0.6) is 0 Å². The minimum atomic E-state index is -0.104. The van der Waals surface area contributed by atoms with Crippen molar-refractivity contribution in [3.05, 3.63) is 78.2 Å². The van der Waals surface area contributed by atoms with Crippen molar-refractivity contribution >= 4 is 46.5 Å². The third-order valence-corrected chi connectivity index (χ3v) is 6.52. The minimum Gasteiger partial charge on any atom is -0.466 e. The molecule has 0 aliphatic heterocycles. The number of esters is 1. The highest BCUT2D eigenvalue weighted by Gasteiger charge is 2.08. The van der Waals surface area contributed by atoms with Gasteiger partial charge in [-0.1, -0.05) is 36.4 Å². The van der Waals surface area contributed by atoms with Crippen LogP contribution >= 0.6 is 11.8 Å². The highest BCUT2D eigenvalue weighted by atomic mass is 32.2. The quantitative estimate of drug-likeness (QED) is 0.169. The van der Waals surface area contributed by atoms with Gasteiger partial charge in [0.1, 0.15) is 0 Å². The second-order valence-corrected chi connectivity index (χ2v) is 9.16. The van der Waals surface area contributed by atoms with E-state index in [1.54, 1.807) is 18.0 Å². The molecule has 0 aliphatic rings. The van der Waals surface area contributed by atoms with Crippen molar-refractivity contribution in [1.82, 2.24) is 15.2 Å². The van der Waals surface area contributed by atoms with E-state index in [4.69, 9.17) is 4.74 Å². The molecule has 0 radical (unpaired) electrons. The molecule has 2 aromatic carbocycles. The number of hydrogen-bond donors (Lipinski definition) is 2. The van der Waals surface area contributed by atoms with Crippen LogP contribution < -0.4 is 5.32 Å². The first kappa shape index (κ1) is 24.5. The van der Waals surface area contributed by atoms with Crippen LogP contribution in [0, 0.1) is 0 Å². The number of ether oxygens (including phenoxy) is 1. The van der Waals surface area contributed by atoms with Crippen LogP contribution in [0.3, 0.4) is 0 Å². The summed E-state index contributed by atoms with van der Waals surface area (Å²) in [7, 11) is 0. The first-order valence-corrected chi connectivity index (χ1v) is 12.8. The van der Waals surface area contributed by atoms with Gasteiger partial charge in [0.05, 0.1) is 23.5 Å². The van der Waals surface area contributed by atoms with E-state index in [0.29, 0.717) is 13.0 Å². The maximum absolute atomic E-state index is 11.4. The highest BCUT2D eigenvalue weighted by molar-refractivity contribution is 7.99. The number of para-hydroxylation sites is 1. The molecule has 0 spiro atoms. The number of fused-ring (bicyclic) bond motifs is 1. The van der Waals surface area contributed by atoms with Crippen LogP contribution in [0.4, 0.5) is 5.69 Å². The molecular weight excluding hydrogens is 456 g/mol. The molecule has 0 saturated carbocycles. The number of anilines is 1. The molecule has 7 heteroatoms. The van der Waals surface area contributed by atoms with E-state index in [-0.39, 0.29) is 5.97 Å². The topological polar surface area (TPSA) is 79.9 Å². The van der Waals surface area contributed by atoms with Gasteiger partial charge in [-0.2, -0.15) is 5.10 Å². The molecule has 2 N–H and O–H groups in total. The summed E-state index contributed by atoms with van der Waals surface area (Å²) in [5, 5.41) is 12.3. The Morgan fingerprint density at radius 1 is 1.06 bits per heavy atom. The predicted octanol–water partition coefficient (Wildman–Crippen LogP) is 6.81. The third-order valence-electron chi connectivity index (χ3n) is 5.46. The summed E-state index contributed by atoms with van der Waals surface area (Å²) in [6, 6.07) is 20.6. The number of carbonyl (C=O) groups is 1. The van der Waals surface area contributed by atoms with Crippen molar-refractivity contribution in [2.75, 3.05) is 18.5 Å². The lowest BCUT2D eigenvalue weighted by molar-refractivity contribution is -0.143. The monoisotopic (exact) mass is 486 g/mol. The summed E-state index contributed by atoms with van der Waals surface area (Å²) in [6.07, 6.45) is 9.10. The van der Waals surface area contributed by atoms with Crippen LogP contribution in [0.15, 0.2) is 76.7 Å². The Morgan fingerprint density at radius 2 is 1.94 bits per heavy atom. The number of hydrogen-bond acceptors (Lipinski definition) is 6. The number of H-pyrrole nitrogens is 1. The first-order chi connectivity index (χ1) is 17.2. The zero-order valence-corrected chi connectivity index (χ0v) is 20.7. The van der Waals surface area contributed by atoms with Gasteiger partial charge in [-0.15, -0.1) is 0 Å². The van der Waals surface area contributed by atoms with Gasteiger partial charge in [0.2, 0.25) is 0 Å². The Balaban J connectivity index is 1.34. The van der Waals surface area contributed by atoms with Crippen molar-refractivity contribution in [2.24, 2.45) is 0 Å². The van der Waals surface area contributed by atoms with Gasteiger partial charge < -0.3 is 10.1 Å². The molecule has 2 heterocycles. The van der Waals surface area contributed by atoms with Crippen molar-refractivity contribution in [1.29, 1.82) is 0 Å². The molecule has 4 rings (SSSR count). The van der Waals surface area contributed by atoms with E-state index in [2.05, 4.69) is 56.9 Å². The summed E-state index contributed by atoms with van der Waals surface area (Å²) in [5.74, 6) is -0.104. The maximum Gasteiger partial charge on any atom is 0.305 e. The van der Waals surface area contributed by atoms with Crippen LogP contribution in [-0.4, -0.2) is 34.3 Å². The van der Waals surface area contributed by atoms with E-state index in [0.717, 1.165) is 58.7 Å². The smallest absolute Gasteiger partial charge is 0.305 e. The Hall–Kier alpha value is -3.58.